The highest BCUT2D eigenvalue weighted by atomic mass is 16.5. The second-order valence-electron chi connectivity index (χ2n) is 5.77. The molecule has 0 saturated carbocycles. The number of hydrogen-bond donors (Lipinski definition) is 1. The van der Waals surface area contributed by atoms with Gasteiger partial charge in [-0.25, -0.2) is 4.68 Å². The van der Waals surface area contributed by atoms with Crippen molar-refractivity contribution in [1.29, 1.82) is 0 Å². The van der Waals surface area contributed by atoms with Crippen molar-refractivity contribution in [3.8, 4) is 0 Å². The van der Waals surface area contributed by atoms with Crippen molar-refractivity contribution < 1.29 is 9.53 Å². The summed E-state index contributed by atoms with van der Waals surface area (Å²) in [5, 5.41) is 14.3. The molecule has 1 amide bonds. The van der Waals surface area contributed by atoms with Crippen LogP contribution in [0.5, 0.6) is 0 Å². The van der Waals surface area contributed by atoms with E-state index in [2.05, 4.69) is 25.5 Å². The van der Waals surface area contributed by atoms with Crippen molar-refractivity contribution in [1.82, 2.24) is 25.3 Å². The van der Waals surface area contributed by atoms with E-state index in [1.54, 1.807) is 31.4 Å². The number of aryl methyl sites for hydroxylation is 1. The number of rotatable bonds is 5. The van der Waals surface area contributed by atoms with Crippen LogP contribution in [0.4, 0.5) is 5.69 Å². The van der Waals surface area contributed by atoms with Gasteiger partial charge in [0.15, 0.2) is 5.69 Å². The smallest absolute Gasteiger partial charge is 0.271 e. The molecule has 0 aliphatic carbocycles. The minimum atomic E-state index is -0.253. The summed E-state index contributed by atoms with van der Waals surface area (Å²) in [6, 6.07) is 4.86. The third-order valence-corrected chi connectivity index (χ3v) is 4.01. The van der Waals surface area contributed by atoms with Crippen molar-refractivity contribution in [3.63, 3.8) is 0 Å². The van der Waals surface area contributed by atoms with Gasteiger partial charge in [-0.1, -0.05) is 0 Å². The van der Waals surface area contributed by atoms with Gasteiger partial charge in [-0.2, -0.15) is 10.2 Å². The number of carbonyl (C=O) groups is 1. The van der Waals surface area contributed by atoms with Gasteiger partial charge in [-0.05, 0) is 18.6 Å². The number of hydrogen-bond acceptors (Lipinski definition) is 7. The lowest BCUT2D eigenvalue weighted by atomic mass is 10.2. The van der Waals surface area contributed by atoms with Crippen LogP contribution in [0, 0.1) is 0 Å². The van der Waals surface area contributed by atoms with Crippen LogP contribution in [-0.4, -0.2) is 58.2 Å². The van der Waals surface area contributed by atoms with Crippen LogP contribution in [0.15, 0.2) is 35.4 Å². The molecule has 3 rings (SSSR count). The minimum Gasteiger partial charge on any atom is -0.374 e. The van der Waals surface area contributed by atoms with Gasteiger partial charge in [-0.15, -0.1) is 5.10 Å². The molecule has 0 spiro atoms. The molecular formula is C16H20N6O3. The first-order valence-corrected chi connectivity index (χ1v) is 8.09. The van der Waals surface area contributed by atoms with Gasteiger partial charge in [0.2, 0.25) is 0 Å². The average Bonchev–Trinajstić information content (AvgIpc) is 2.65. The van der Waals surface area contributed by atoms with Crippen LogP contribution in [0.25, 0.3) is 0 Å². The molecule has 1 saturated heterocycles. The summed E-state index contributed by atoms with van der Waals surface area (Å²) in [6.45, 7) is 2.40. The number of amides is 1. The molecule has 2 aromatic rings. The summed E-state index contributed by atoms with van der Waals surface area (Å²) in [5.41, 5.74) is 0.941. The maximum Gasteiger partial charge on any atom is 0.271 e. The summed E-state index contributed by atoms with van der Waals surface area (Å²) in [7, 11) is 1.62. The van der Waals surface area contributed by atoms with Crippen LogP contribution in [0.3, 0.4) is 0 Å². The van der Waals surface area contributed by atoms with Crippen molar-refractivity contribution in [2.45, 2.75) is 12.5 Å². The molecule has 0 bridgehead atoms. The van der Waals surface area contributed by atoms with E-state index in [1.165, 1.54) is 10.9 Å². The van der Waals surface area contributed by atoms with Gasteiger partial charge >= 0.3 is 0 Å². The molecule has 3 heterocycles. The van der Waals surface area contributed by atoms with Gasteiger partial charge in [-0.3, -0.25) is 9.59 Å². The SMILES string of the molecule is Cn1ncc(N2CCOC(CCNC(=O)c3cccnn3)C2)cc1=O. The third-order valence-electron chi connectivity index (χ3n) is 4.01. The number of carbonyl (C=O) groups excluding carboxylic acids is 1. The fourth-order valence-corrected chi connectivity index (χ4v) is 2.62. The van der Waals surface area contributed by atoms with Crippen LogP contribution < -0.4 is 15.8 Å². The maximum atomic E-state index is 11.9. The maximum absolute atomic E-state index is 11.9. The van der Waals surface area contributed by atoms with Gasteiger partial charge in [0.1, 0.15) is 0 Å². The van der Waals surface area contributed by atoms with Crippen molar-refractivity contribution in [3.05, 3.63) is 46.6 Å². The second kappa shape index (κ2) is 7.84. The van der Waals surface area contributed by atoms with E-state index in [4.69, 9.17) is 4.74 Å². The normalized spacial score (nSPS) is 17.3. The molecule has 1 N–H and O–H groups in total. The lowest BCUT2D eigenvalue weighted by Crippen LogP contribution is -2.44. The Kier molecular flexibility index (Phi) is 5.34. The highest BCUT2D eigenvalue weighted by Crippen LogP contribution is 2.16. The zero-order valence-corrected chi connectivity index (χ0v) is 14.0. The topological polar surface area (TPSA) is 102 Å². The van der Waals surface area contributed by atoms with Crippen LogP contribution in [0.1, 0.15) is 16.9 Å². The quantitative estimate of drug-likeness (QED) is 0.787. The molecule has 0 aromatic carbocycles. The van der Waals surface area contributed by atoms with Crippen LogP contribution in [-0.2, 0) is 11.8 Å². The number of morpholine rings is 1. The number of ether oxygens (including phenoxy) is 1. The van der Waals surface area contributed by atoms with E-state index in [9.17, 15) is 9.59 Å². The Morgan fingerprint density at radius 1 is 1.48 bits per heavy atom. The van der Waals surface area contributed by atoms with Crippen molar-refractivity contribution in [2.24, 2.45) is 7.05 Å². The van der Waals surface area contributed by atoms with E-state index in [-0.39, 0.29) is 17.6 Å². The van der Waals surface area contributed by atoms with E-state index in [0.29, 0.717) is 38.4 Å². The molecule has 1 fully saturated rings. The molecule has 1 aliphatic rings. The number of nitrogens with zero attached hydrogens (tertiary/aromatic N) is 5. The third kappa shape index (κ3) is 4.38. The lowest BCUT2D eigenvalue weighted by molar-refractivity contribution is 0.0353. The van der Waals surface area contributed by atoms with E-state index < -0.39 is 0 Å². The molecule has 132 valence electrons. The Labute approximate surface area is 144 Å². The fourth-order valence-electron chi connectivity index (χ4n) is 2.62. The zero-order chi connectivity index (χ0) is 17.6. The molecule has 1 atom stereocenters. The highest BCUT2D eigenvalue weighted by Gasteiger charge is 2.21. The van der Waals surface area contributed by atoms with Crippen LogP contribution in [0.2, 0.25) is 0 Å². The largest absolute Gasteiger partial charge is 0.374 e. The molecule has 1 unspecified atom stereocenters. The Hall–Kier alpha value is -2.81. The first-order valence-electron chi connectivity index (χ1n) is 8.09. The second-order valence-corrected chi connectivity index (χ2v) is 5.77. The van der Waals surface area contributed by atoms with Gasteiger partial charge in [0.25, 0.3) is 11.5 Å². The molecule has 25 heavy (non-hydrogen) atoms. The predicted molar refractivity (Wildman–Crippen MR) is 90.4 cm³/mol. The summed E-state index contributed by atoms with van der Waals surface area (Å²) >= 11 is 0. The molecule has 9 nitrogen and oxygen atoms in total. The standard InChI is InChI=1S/C16H20N6O3/c1-21-15(23)9-12(10-19-21)22-7-8-25-13(11-22)4-6-17-16(24)14-3-2-5-18-20-14/h2-3,5,9-10,13H,4,6-8,11H2,1H3,(H,17,24). The number of anilines is 1. The fraction of sp³-hybridized carbons (Fsp3) is 0.438. The summed E-state index contributed by atoms with van der Waals surface area (Å²) < 4.78 is 7.04. The van der Waals surface area contributed by atoms with Gasteiger partial charge in [0, 0.05) is 38.9 Å². The minimum absolute atomic E-state index is 0.0278. The van der Waals surface area contributed by atoms with E-state index in [1.807, 2.05) is 0 Å². The predicted octanol–water partition coefficient (Wildman–Crippen LogP) is -0.404. The summed E-state index contributed by atoms with van der Waals surface area (Å²) in [4.78, 5) is 25.7. The van der Waals surface area contributed by atoms with Crippen molar-refractivity contribution in [2.75, 3.05) is 31.1 Å². The zero-order valence-electron chi connectivity index (χ0n) is 14.0. The number of aromatic nitrogens is 4. The first kappa shape index (κ1) is 17.0. The molecule has 9 heteroatoms. The van der Waals surface area contributed by atoms with E-state index in [0.717, 1.165) is 5.69 Å². The molecular weight excluding hydrogens is 324 g/mol. The van der Waals surface area contributed by atoms with Crippen LogP contribution >= 0.6 is 0 Å². The average molecular weight is 344 g/mol. The molecule has 1 aliphatic heterocycles. The monoisotopic (exact) mass is 344 g/mol. The summed E-state index contributed by atoms with van der Waals surface area (Å²) in [5.74, 6) is -0.253. The van der Waals surface area contributed by atoms with Gasteiger partial charge < -0.3 is 15.0 Å². The Morgan fingerprint density at radius 3 is 3.12 bits per heavy atom. The molecule has 0 radical (unpaired) electrons. The summed E-state index contributed by atoms with van der Waals surface area (Å²) in [6.07, 6.45) is 3.84. The van der Waals surface area contributed by atoms with Gasteiger partial charge in [0.05, 0.1) is 24.6 Å². The lowest BCUT2D eigenvalue weighted by Gasteiger charge is -2.34. The van der Waals surface area contributed by atoms with E-state index >= 15 is 0 Å². The Bertz CT molecular complexity index is 779. The van der Waals surface area contributed by atoms with Crippen molar-refractivity contribution >= 4 is 11.6 Å². The number of nitrogens with one attached hydrogen (secondary N) is 1. The Balaban J connectivity index is 1.51. The Morgan fingerprint density at radius 2 is 2.36 bits per heavy atom. The highest BCUT2D eigenvalue weighted by molar-refractivity contribution is 5.91. The molecule has 2 aromatic heterocycles. The first-order chi connectivity index (χ1) is 12.1.